The number of anilines is 2. The van der Waals surface area contributed by atoms with E-state index >= 15 is 0 Å². The summed E-state index contributed by atoms with van der Waals surface area (Å²) in [5.41, 5.74) is 3.11. The van der Waals surface area contributed by atoms with Crippen LogP contribution in [0.25, 0.3) is 0 Å². The zero-order chi connectivity index (χ0) is 16.9. The fourth-order valence-corrected chi connectivity index (χ4v) is 2.99. The van der Waals surface area contributed by atoms with Crippen molar-refractivity contribution in [3.8, 4) is 11.5 Å². The third-order valence-corrected chi connectivity index (χ3v) is 4.25. The summed E-state index contributed by atoms with van der Waals surface area (Å²) >= 11 is 0. The van der Waals surface area contributed by atoms with Crippen LogP contribution in [0.3, 0.4) is 0 Å². The Hall–Kier alpha value is -2.69. The van der Waals surface area contributed by atoms with Gasteiger partial charge in [0.25, 0.3) is 0 Å². The number of fused-ring (bicyclic) bond motifs is 1. The minimum atomic E-state index is 0.134. The number of hydrogen-bond donors (Lipinski definition) is 1. The molecule has 2 aromatic carbocycles. The molecule has 1 aliphatic rings. The number of benzene rings is 2. The molecule has 24 heavy (non-hydrogen) atoms. The molecule has 5 nitrogen and oxygen atoms in total. The summed E-state index contributed by atoms with van der Waals surface area (Å²) in [7, 11) is 3.25. The zero-order valence-electron chi connectivity index (χ0n) is 14.0. The number of methoxy groups -OCH3 is 2. The second-order valence-electron chi connectivity index (χ2n) is 5.67. The maximum atomic E-state index is 12.5. The molecule has 3 rings (SSSR count). The molecule has 0 radical (unpaired) electrons. The molecular weight excluding hydrogens is 304 g/mol. The van der Waals surface area contributed by atoms with Gasteiger partial charge in [-0.25, -0.2) is 0 Å². The van der Waals surface area contributed by atoms with Crippen molar-refractivity contribution in [2.24, 2.45) is 0 Å². The van der Waals surface area contributed by atoms with E-state index in [1.54, 1.807) is 14.2 Å². The van der Waals surface area contributed by atoms with Gasteiger partial charge in [0.2, 0.25) is 5.91 Å². The van der Waals surface area contributed by atoms with Crippen LogP contribution >= 0.6 is 0 Å². The Morgan fingerprint density at radius 2 is 2.00 bits per heavy atom. The molecule has 1 heterocycles. The summed E-state index contributed by atoms with van der Waals surface area (Å²) in [5.74, 6) is 1.61. The number of para-hydroxylation sites is 1. The Bertz CT molecular complexity index is 730. The second-order valence-corrected chi connectivity index (χ2v) is 5.67. The highest BCUT2D eigenvalue weighted by molar-refractivity contribution is 5.95. The smallest absolute Gasteiger partial charge is 0.228 e. The van der Waals surface area contributed by atoms with Gasteiger partial charge in [0, 0.05) is 31.3 Å². The van der Waals surface area contributed by atoms with Crippen LogP contribution in [0.4, 0.5) is 11.4 Å². The molecule has 0 spiro atoms. The van der Waals surface area contributed by atoms with Crippen LogP contribution in [0.5, 0.6) is 11.5 Å². The molecular formula is C19H22N2O3. The topological polar surface area (TPSA) is 50.8 Å². The lowest BCUT2D eigenvalue weighted by atomic mass is 10.2. The van der Waals surface area contributed by atoms with E-state index in [0.717, 1.165) is 35.8 Å². The first kappa shape index (κ1) is 16.2. The second kappa shape index (κ2) is 7.25. The van der Waals surface area contributed by atoms with Gasteiger partial charge in [0.05, 0.1) is 19.9 Å². The Balaban J connectivity index is 1.60. The van der Waals surface area contributed by atoms with Gasteiger partial charge in [-0.15, -0.1) is 0 Å². The predicted molar refractivity (Wildman–Crippen MR) is 95.2 cm³/mol. The van der Waals surface area contributed by atoms with Crippen LogP contribution < -0.4 is 19.7 Å². The Morgan fingerprint density at radius 1 is 1.17 bits per heavy atom. The largest absolute Gasteiger partial charge is 0.497 e. The van der Waals surface area contributed by atoms with E-state index in [0.29, 0.717) is 13.0 Å². The van der Waals surface area contributed by atoms with Gasteiger partial charge in [-0.1, -0.05) is 18.2 Å². The van der Waals surface area contributed by atoms with E-state index in [2.05, 4.69) is 11.4 Å². The molecule has 0 saturated heterocycles. The lowest BCUT2D eigenvalue weighted by Gasteiger charge is -2.18. The monoisotopic (exact) mass is 326 g/mol. The van der Waals surface area contributed by atoms with Crippen molar-refractivity contribution in [1.82, 2.24) is 0 Å². The summed E-state index contributed by atoms with van der Waals surface area (Å²) in [6.07, 6.45) is 1.35. The van der Waals surface area contributed by atoms with E-state index in [1.165, 1.54) is 5.56 Å². The van der Waals surface area contributed by atoms with Crippen molar-refractivity contribution in [3.05, 3.63) is 48.0 Å². The van der Waals surface area contributed by atoms with Crippen LogP contribution in [-0.2, 0) is 11.2 Å². The highest BCUT2D eigenvalue weighted by Crippen LogP contribution is 2.30. The molecule has 0 fully saturated rings. The maximum absolute atomic E-state index is 12.5. The molecule has 2 aromatic rings. The lowest BCUT2D eigenvalue weighted by molar-refractivity contribution is -0.118. The van der Waals surface area contributed by atoms with Crippen LogP contribution in [0.1, 0.15) is 12.0 Å². The van der Waals surface area contributed by atoms with Gasteiger partial charge in [0.1, 0.15) is 11.5 Å². The van der Waals surface area contributed by atoms with E-state index in [-0.39, 0.29) is 5.91 Å². The average molecular weight is 326 g/mol. The van der Waals surface area contributed by atoms with Crippen LogP contribution in [0.15, 0.2) is 42.5 Å². The fraction of sp³-hybridized carbons (Fsp3) is 0.316. The normalized spacial score (nSPS) is 12.7. The SMILES string of the molecule is COc1ccc(OC)c(NCCC(=O)N2CCc3ccccc32)c1. The molecule has 0 saturated carbocycles. The first-order valence-corrected chi connectivity index (χ1v) is 8.07. The van der Waals surface area contributed by atoms with Crippen LogP contribution in [0.2, 0.25) is 0 Å². The Morgan fingerprint density at radius 3 is 2.79 bits per heavy atom. The number of amides is 1. The van der Waals surface area contributed by atoms with Crippen LogP contribution in [0, 0.1) is 0 Å². The summed E-state index contributed by atoms with van der Waals surface area (Å²) in [6, 6.07) is 13.7. The first-order chi connectivity index (χ1) is 11.7. The van der Waals surface area contributed by atoms with Gasteiger partial charge in [-0.05, 0) is 30.2 Å². The molecule has 1 aliphatic heterocycles. The van der Waals surface area contributed by atoms with E-state index in [4.69, 9.17) is 9.47 Å². The molecule has 5 heteroatoms. The van der Waals surface area contributed by atoms with Gasteiger partial charge in [-0.3, -0.25) is 4.79 Å². The predicted octanol–water partition coefficient (Wildman–Crippen LogP) is 3.10. The third-order valence-electron chi connectivity index (χ3n) is 4.25. The van der Waals surface area contributed by atoms with Crippen molar-refractivity contribution in [1.29, 1.82) is 0 Å². The van der Waals surface area contributed by atoms with Gasteiger partial charge in [0.15, 0.2) is 0 Å². The molecule has 126 valence electrons. The number of carbonyl (C=O) groups is 1. The van der Waals surface area contributed by atoms with Crippen molar-refractivity contribution in [2.45, 2.75) is 12.8 Å². The molecule has 0 unspecified atom stereocenters. The first-order valence-electron chi connectivity index (χ1n) is 8.07. The van der Waals surface area contributed by atoms with Gasteiger partial charge < -0.3 is 19.7 Å². The third kappa shape index (κ3) is 3.30. The minimum absolute atomic E-state index is 0.134. The van der Waals surface area contributed by atoms with Gasteiger partial charge in [-0.2, -0.15) is 0 Å². The number of hydrogen-bond acceptors (Lipinski definition) is 4. The van der Waals surface area contributed by atoms with Crippen molar-refractivity contribution in [2.75, 3.05) is 37.5 Å². The van der Waals surface area contributed by atoms with Gasteiger partial charge >= 0.3 is 0 Å². The molecule has 1 amide bonds. The standard InChI is InChI=1S/C19H22N2O3/c1-23-15-7-8-18(24-2)16(13-15)20-11-9-19(22)21-12-10-14-5-3-4-6-17(14)21/h3-8,13,20H,9-12H2,1-2H3. The highest BCUT2D eigenvalue weighted by atomic mass is 16.5. The average Bonchev–Trinajstić information content (AvgIpc) is 3.05. The van der Waals surface area contributed by atoms with E-state index in [1.807, 2.05) is 41.3 Å². The zero-order valence-corrected chi connectivity index (χ0v) is 14.0. The Labute approximate surface area is 142 Å². The molecule has 1 N–H and O–H groups in total. The quantitative estimate of drug-likeness (QED) is 0.886. The minimum Gasteiger partial charge on any atom is -0.497 e. The molecule has 0 atom stereocenters. The lowest BCUT2D eigenvalue weighted by Crippen LogP contribution is -2.30. The maximum Gasteiger partial charge on any atom is 0.228 e. The molecule has 0 bridgehead atoms. The summed E-state index contributed by atoms with van der Waals surface area (Å²) in [5, 5.41) is 3.26. The number of nitrogens with one attached hydrogen (secondary N) is 1. The number of ether oxygens (including phenoxy) is 2. The Kier molecular flexibility index (Phi) is 4.89. The number of rotatable bonds is 6. The van der Waals surface area contributed by atoms with E-state index in [9.17, 15) is 4.79 Å². The van der Waals surface area contributed by atoms with Crippen molar-refractivity contribution in [3.63, 3.8) is 0 Å². The summed E-state index contributed by atoms with van der Waals surface area (Å²) < 4.78 is 10.6. The number of carbonyl (C=O) groups excluding carboxylic acids is 1. The molecule has 0 aliphatic carbocycles. The highest BCUT2D eigenvalue weighted by Gasteiger charge is 2.23. The van der Waals surface area contributed by atoms with E-state index < -0.39 is 0 Å². The number of nitrogens with zero attached hydrogens (tertiary/aromatic N) is 1. The van der Waals surface area contributed by atoms with Crippen molar-refractivity contribution >= 4 is 17.3 Å². The van der Waals surface area contributed by atoms with Crippen LogP contribution in [-0.4, -0.2) is 33.2 Å². The molecule has 0 aromatic heterocycles. The fourth-order valence-electron chi connectivity index (χ4n) is 2.99. The van der Waals surface area contributed by atoms with Crippen molar-refractivity contribution < 1.29 is 14.3 Å². The summed E-state index contributed by atoms with van der Waals surface area (Å²) in [6.45, 7) is 1.31. The summed E-state index contributed by atoms with van der Waals surface area (Å²) in [4.78, 5) is 14.4.